The van der Waals surface area contributed by atoms with Crippen LogP contribution in [0.4, 0.5) is 0 Å². The molecule has 1 aliphatic heterocycles. The van der Waals surface area contributed by atoms with Gasteiger partial charge in [0.05, 0.1) is 18.4 Å². The number of nitrogens with zero attached hydrogens (tertiary/aromatic N) is 1. The van der Waals surface area contributed by atoms with Crippen molar-refractivity contribution < 1.29 is 13.9 Å². The van der Waals surface area contributed by atoms with Gasteiger partial charge in [0.2, 0.25) is 0 Å². The number of guanidine groups is 1. The first kappa shape index (κ1) is 20.2. The first-order valence-corrected chi connectivity index (χ1v) is 7.95. The van der Waals surface area contributed by atoms with E-state index < -0.39 is 0 Å². The van der Waals surface area contributed by atoms with Crippen LogP contribution in [0.5, 0.6) is 0 Å². The highest BCUT2D eigenvalue weighted by atomic mass is 127. The number of hydrogen-bond donors (Lipinski definition) is 2. The van der Waals surface area contributed by atoms with Crippen LogP contribution in [0.3, 0.4) is 0 Å². The maximum atomic E-state index is 5.71. The van der Waals surface area contributed by atoms with E-state index in [0.717, 1.165) is 57.3 Å². The number of nitrogens with one attached hydrogen (secondary N) is 2. The van der Waals surface area contributed by atoms with Gasteiger partial charge in [-0.05, 0) is 19.1 Å². The van der Waals surface area contributed by atoms with E-state index in [2.05, 4.69) is 22.5 Å². The standard InChI is InChI=1S/C16H27N3O3.HI/c1-3-17-15(18-9-6-14-5-4-10-22-14)19-13-16(20-2)7-11-21-12-8-16;/h4-5,10H,3,6-9,11-13H2,1-2H3,(H2,17,18,19);1H. The van der Waals surface area contributed by atoms with E-state index in [-0.39, 0.29) is 29.6 Å². The molecule has 0 aliphatic carbocycles. The SMILES string of the molecule is CCNC(=NCC1(OC)CCOCC1)NCCc1ccco1.I. The molecule has 6 nitrogen and oxygen atoms in total. The molecule has 132 valence electrons. The summed E-state index contributed by atoms with van der Waals surface area (Å²) < 4.78 is 16.5. The second-order valence-electron chi connectivity index (χ2n) is 5.45. The Hall–Kier alpha value is -0.800. The number of methoxy groups -OCH3 is 1. The van der Waals surface area contributed by atoms with Crippen LogP contribution in [0.1, 0.15) is 25.5 Å². The molecule has 0 bridgehead atoms. The topological polar surface area (TPSA) is 68.0 Å². The molecule has 0 unspecified atom stereocenters. The van der Waals surface area contributed by atoms with Crippen molar-refractivity contribution in [1.82, 2.24) is 10.6 Å². The van der Waals surface area contributed by atoms with E-state index in [9.17, 15) is 0 Å². The van der Waals surface area contributed by atoms with Gasteiger partial charge in [-0.25, -0.2) is 0 Å². The molecule has 0 spiro atoms. The van der Waals surface area contributed by atoms with Crippen molar-refractivity contribution in [2.45, 2.75) is 31.8 Å². The number of rotatable bonds is 7. The molecule has 2 rings (SSSR count). The lowest BCUT2D eigenvalue weighted by Crippen LogP contribution is -2.44. The van der Waals surface area contributed by atoms with Crippen LogP contribution < -0.4 is 10.6 Å². The molecule has 1 fully saturated rings. The molecule has 2 N–H and O–H groups in total. The van der Waals surface area contributed by atoms with Gasteiger partial charge in [0.1, 0.15) is 5.76 Å². The molecule has 0 radical (unpaired) electrons. The minimum atomic E-state index is -0.193. The average molecular weight is 437 g/mol. The summed E-state index contributed by atoms with van der Waals surface area (Å²) in [6, 6.07) is 3.88. The maximum Gasteiger partial charge on any atom is 0.191 e. The lowest BCUT2D eigenvalue weighted by molar-refractivity contribution is -0.0828. The summed E-state index contributed by atoms with van der Waals surface area (Å²) in [5.74, 6) is 1.79. The van der Waals surface area contributed by atoms with Gasteiger partial charge < -0.3 is 24.5 Å². The Kier molecular flexibility index (Phi) is 9.57. The molecule has 1 aromatic heterocycles. The quantitative estimate of drug-likeness (QED) is 0.389. The van der Waals surface area contributed by atoms with Crippen LogP contribution in [0.15, 0.2) is 27.8 Å². The first-order chi connectivity index (χ1) is 10.8. The fraction of sp³-hybridized carbons (Fsp3) is 0.688. The van der Waals surface area contributed by atoms with E-state index in [1.54, 1.807) is 13.4 Å². The van der Waals surface area contributed by atoms with Crippen LogP contribution in [0, 0.1) is 0 Å². The van der Waals surface area contributed by atoms with Crippen LogP contribution in [0.25, 0.3) is 0 Å². The van der Waals surface area contributed by atoms with Crippen molar-refractivity contribution in [1.29, 1.82) is 0 Å². The molecule has 23 heavy (non-hydrogen) atoms. The molecule has 7 heteroatoms. The van der Waals surface area contributed by atoms with Gasteiger partial charge in [-0.15, -0.1) is 24.0 Å². The number of ether oxygens (including phenoxy) is 2. The summed E-state index contributed by atoms with van der Waals surface area (Å²) in [5.41, 5.74) is -0.193. The lowest BCUT2D eigenvalue weighted by Gasteiger charge is -2.34. The van der Waals surface area contributed by atoms with Crippen LogP contribution in [-0.4, -0.2) is 51.5 Å². The van der Waals surface area contributed by atoms with E-state index in [0.29, 0.717) is 6.54 Å². The predicted molar refractivity (Wildman–Crippen MR) is 102 cm³/mol. The largest absolute Gasteiger partial charge is 0.469 e. The number of aliphatic imine (C=N–C) groups is 1. The van der Waals surface area contributed by atoms with Gasteiger partial charge in [0.15, 0.2) is 5.96 Å². The van der Waals surface area contributed by atoms with Gasteiger partial charge in [-0.3, -0.25) is 4.99 Å². The number of halogens is 1. The molecule has 1 saturated heterocycles. The molecule has 0 amide bonds. The summed E-state index contributed by atoms with van der Waals surface area (Å²) in [4.78, 5) is 4.68. The van der Waals surface area contributed by atoms with E-state index in [4.69, 9.17) is 13.9 Å². The zero-order chi connectivity index (χ0) is 15.7. The molecule has 1 aliphatic rings. The van der Waals surface area contributed by atoms with Crippen molar-refractivity contribution in [3.8, 4) is 0 Å². The van der Waals surface area contributed by atoms with Gasteiger partial charge in [0.25, 0.3) is 0 Å². The summed E-state index contributed by atoms with van der Waals surface area (Å²) >= 11 is 0. The van der Waals surface area contributed by atoms with Crippen LogP contribution >= 0.6 is 24.0 Å². The molecule has 0 aromatic carbocycles. The van der Waals surface area contributed by atoms with Crippen molar-refractivity contribution >= 4 is 29.9 Å². The van der Waals surface area contributed by atoms with Gasteiger partial charge in [0, 0.05) is 52.7 Å². The Labute approximate surface area is 155 Å². The van der Waals surface area contributed by atoms with Crippen molar-refractivity contribution in [2.24, 2.45) is 4.99 Å². The van der Waals surface area contributed by atoms with E-state index in [1.807, 2.05) is 12.1 Å². The Morgan fingerprint density at radius 2 is 2.13 bits per heavy atom. The minimum Gasteiger partial charge on any atom is -0.469 e. The minimum absolute atomic E-state index is 0. The molecule has 2 heterocycles. The normalized spacial score (nSPS) is 17.4. The first-order valence-electron chi connectivity index (χ1n) is 7.95. The summed E-state index contributed by atoms with van der Waals surface area (Å²) in [7, 11) is 1.76. The third-order valence-corrected chi connectivity index (χ3v) is 3.95. The van der Waals surface area contributed by atoms with Crippen molar-refractivity contribution in [3.05, 3.63) is 24.2 Å². The van der Waals surface area contributed by atoms with Gasteiger partial charge in [-0.2, -0.15) is 0 Å². The van der Waals surface area contributed by atoms with Gasteiger partial charge in [-0.1, -0.05) is 0 Å². The molecule has 0 atom stereocenters. The van der Waals surface area contributed by atoms with Crippen molar-refractivity contribution in [3.63, 3.8) is 0 Å². The Morgan fingerprint density at radius 1 is 1.35 bits per heavy atom. The molecular formula is C16H28IN3O3. The third kappa shape index (κ3) is 6.68. The fourth-order valence-electron chi connectivity index (χ4n) is 2.49. The number of hydrogen-bond acceptors (Lipinski definition) is 4. The average Bonchev–Trinajstić information content (AvgIpc) is 3.07. The van der Waals surface area contributed by atoms with Crippen LogP contribution in [0.2, 0.25) is 0 Å². The van der Waals surface area contributed by atoms with Crippen LogP contribution in [-0.2, 0) is 15.9 Å². The fourth-order valence-corrected chi connectivity index (χ4v) is 2.49. The summed E-state index contributed by atoms with van der Waals surface area (Å²) in [6.07, 6.45) is 4.31. The summed E-state index contributed by atoms with van der Waals surface area (Å²) in [5, 5.41) is 6.60. The zero-order valence-corrected chi connectivity index (χ0v) is 16.3. The lowest BCUT2D eigenvalue weighted by atomic mass is 9.94. The van der Waals surface area contributed by atoms with Crippen molar-refractivity contribution in [2.75, 3.05) is 40.0 Å². The number of furan rings is 1. The maximum absolute atomic E-state index is 5.71. The second kappa shape index (κ2) is 10.9. The van der Waals surface area contributed by atoms with Gasteiger partial charge >= 0.3 is 0 Å². The van der Waals surface area contributed by atoms with E-state index in [1.165, 1.54) is 0 Å². The second-order valence-corrected chi connectivity index (χ2v) is 5.45. The monoisotopic (exact) mass is 437 g/mol. The molecular weight excluding hydrogens is 409 g/mol. The highest BCUT2D eigenvalue weighted by Gasteiger charge is 2.32. The smallest absolute Gasteiger partial charge is 0.191 e. The Morgan fingerprint density at radius 3 is 2.74 bits per heavy atom. The molecule has 0 saturated carbocycles. The summed E-state index contributed by atoms with van der Waals surface area (Å²) in [6.45, 7) is 5.79. The molecule has 1 aromatic rings. The highest BCUT2D eigenvalue weighted by molar-refractivity contribution is 14.0. The Bertz CT molecular complexity index is 445. The highest BCUT2D eigenvalue weighted by Crippen LogP contribution is 2.24. The zero-order valence-electron chi connectivity index (χ0n) is 14.0. The van der Waals surface area contributed by atoms with E-state index >= 15 is 0 Å². The Balaban J connectivity index is 0.00000264. The predicted octanol–water partition coefficient (Wildman–Crippen LogP) is 2.19. The third-order valence-electron chi connectivity index (χ3n) is 3.95.